The van der Waals surface area contributed by atoms with E-state index in [1.807, 2.05) is 0 Å². The predicted octanol–water partition coefficient (Wildman–Crippen LogP) is 3.09. The fraction of sp³-hybridized carbons (Fsp3) is 0.0526. The molecule has 7 heteroatoms. The summed E-state index contributed by atoms with van der Waals surface area (Å²) in [4.78, 5) is 12.9. The van der Waals surface area contributed by atoms with Crippen LogP contribution in [0, 0.1) is 16.8 Å². The van der Waals surface area contributed by atoms with E-state index >= 15 is 0 Å². The van der Waals surface area contributed by atoms with Crippen LogP contribution in [0.25, 0.3) is 11.3 Å². The lowest BCUT2D eigenvalue weighted by atomic mass is 9.98. The van der Waals surface area contributed by atoms with E-state index in [9.17, 15) is 18.8 Å². The highest BCUT2D eigenvalue weighted by atomic mass is 19.1. The molecule has 1 heterocycles. The van der Waals surface area contributed by atoms with Crippen molar-refractivity contribution in [3.63, 3.8) is 0 Å². The van der Waals surface area contributed by atoms with Gasteiger partial charge in [0.1, 0.15) is 28.6 Å². The molecule has 0 bridgehead atoms. The van der Waals surface area contributed by atoms with E-state index in [2.05, 4.69) is 0 Å². The van der Waals surface area contributed by atoms with Crippen LogP contribution in [0.1, 0.15) is 15.9 Å². The normalized spacial score (nSPS) is 10.6. The van der Waals surface area contributed by atoms with Gasteiger partial charge in [0, 0.05) is 6.07 Å². The molecular weight excluding hydrogens is 342 g/mol. The van der Waals surface area contributed by atoms with Crippen molar-refractivity contribution in [3.8, 4) is 17.0 Å². The maximum atomic E-state index is 14.1. The first kappa shape index (κ1) is 17.3. The molecule has 0 aliphatic carbocycles. The minimum absolute atomic E-state index is 0.0562. The summed E-state index contributed by atoms with van der Waals surface area (Å²) in [6.07, 6.45) is 0.986. The van der Waals surface area contributed by atoms with Gasteiger partial charge in [0.25, 0.3) is 5.69 Å². The summed E-state index contributed by atoms with van der Waals surface area (Å²) in [6.45, 7) is 0. The number of ether oxygens (including phenoxy) is 1. The van der Waals surface area contributed by atoms with Gasteiger partial charge in [0.05, 0.1) is 18.2 Å². The van der Waals surface area contributed by atoms with Gasteiger partial charge in [-0.05, 0) is 24.3 Å². The first-order chi connectivity index (χ1) is 12.5. The fourth-order valence-corrected chi connectivity index (χ4v) is 2.70. The van der Waals surface area contributed by atoms with Crippen LogP contribution in [-0.2, 0) is 0 Å². The number of ketones is 1. The average Bonchev–Trinajstić information content (AvgIpc) is 2.63. The first-order valence-electron chi connectivity index (χ1n) is 7.59. The maximum absolute atomic E-state index is 14.1. The number of halogens is 2. The van der Waals surface area contributed by atoms with Crippen molar-refractivity contribution < 1.29 is 23.0 Å². The number of para-hydroxylation sites is 1. The summed E-state index contributed by atoms with van der Waals surface area (Å²) < 4.78 is 33.6. The van der Waals surface area contributed by atoms with Gasteiger partial charge in [-0.2, -0.15) is 4.73 Å². The van der Waals surface area contributed by atoms with Crippen LogP contribution < -0.4 is 15.2 Å². The second-order valence-corrected chi connectivity index (χ2v) is 5.44. The van der Waals surface area contributed by atoms with Crippen LogP contribution in [0.3, 0.4) is 0 Å². The summed E-state index contributed by atoms with van der Waals surface area (Å²) in [5, 5.41) is 12.1. The van der Waals surface area contributed by atoms with E-state index in [1.54, 1.807) is 18.2 Å². The molecule has 0 atom stereocenters. The predicted molar refractivity (Wildman–Crippen MR) is 91.6 cm³/mol. The Bertz CT molecular complexity index is 986. The van der Waals surface area contributed by atoms with Crippen molar-refractivity contribution >= 4 is 11.5 Å². The van der Waals surface area contributed by atoms with E-state index in [4.69, 9.17) is 10.5 Å². The standard InChI is InChI=1S/C19H14F2N2O3/c1-26-15-8-3-2-5-11(15)19(24)12-9-10-23(25)18(17(12)22)16-13(20)6-4-7-14(16)21/h2-10H,22H2,1H3. The van der Waals surface area contributed by atoms with Crippen molar-refractivity contribution in [1.82, 2.24) is 0 Å². The Morgan fingerprint density at radius 3 is 2.35 bits per heavy atom. The summed E-state index contributed by atoms with van der Waals surface area (Å²) in [6, 6.07) is 10.8. The zero-order chi connectivity index (χ0) is 18.8. The molecule has 0 spiro atoms. The highest BCUT2D eigenvalue weighted by molar-refractivity contribution is 6.14. The lowest BCUT2D eigenvalue weighted by Gasteiger charge is -2.13. The average molecular weight is 356 g/mol. The summed E-state index contributed by atoms with van der Waals surface area (Å²) in [5.74, 6) is -2.13. The number of methoxy groups -OCH3 is 1. The van der Waals surface area contributed by atoms with Gasteiger partial charge in [-0.15, -0.1) is 0 Å². The molecule has 132 valence electrons. The second-order valence-electron chi connectivity index (χ2n) is 5.44. The third kappa shape index (κ3) is 2.83. The monoisotopic (exact) mass is 356 g/mol. The number of pyridine rings is 1. The molecular formula is C19H14F2N2O3. The van der Waals surface area contributed by atoms with Gasteiger partial charge in [-0.25, -0.2) is 8.78 Å². The van der Waals surface area contributed by atoms with Gasteiger partial charge in [-0.1, -0.05) is 18.2 Å². The van der Waals surface area contributed by atoms with Crippen LogP contribution >= 0.6 is 0 Å². The van der Waals surface area contributed by atoms with Gasteiger partial charge in [0.2, 0.25) is 0 Å². The lowest BCUT2D eigenvalue weighted by Crippen LogP contribution is -2.31. The van der Waals surface area contributed by atoms with Crippen LogP contribution in [0.2, 0.25) is 0 Å². The Balaban J connectivity index is 2.22. The number of aromatic nitrogens is 1. The molecule has 0 saturated carbocycles. The van der Waals surface area contributed by atoms with Crippen molar-refractivity contribution in [2.24, 2.45) is 0 Å². The number of nitrogens with two attached hydrogens (primary N) is 1. The second kappa shape index (κ2) is 6.79. The highest BCUT2D eigenvalue weighted by Crippen LogP contribution is 2.31. The number of benzene rings is 2. The number of hydrogen-bond donors (Lipinski definition) is 1. The Morgan fingerprint density at radius 2 is 1.69 bits per heavy atom. The molecule has 3 aromatic rings. The van der Waals surface area contributed by atoms with Gasteiger partial charge < -0.3 is 15.7 Å². The molecule has 3 rings (SSSR count). The van der Waals surface area contributed by atoms with E-state index < -0.39 is 28.7 Å². The van der Waals surface area contributed by atoms with Gasteiger partial charge in [-0.3, -0.25) is 4.79 Å². The van der Waals surface area contributed by atoms with Crippen LogP contribution in [0.15, 0.2) is 54.7 Å². The number of rotatable bonds is 4. The molecule has 0 saturated heterocycles. The fourth-order valence-electron chi connectivity index (χ4n) is 2.70. The molecule has 0 radical (unpaired) electrons. The SMILES string of the molecule is COc1ccccc1C(=O)c1cc[n+]([O-])c(-c2c(F)cccc2F)c1N. The number of anilines is 1. The summed E-state index contributed by atoms with van der Waals surface area (Å²) in [7, 11) is 1.41. The van der Waals surface area contributed by atoms with Crippen molar-refractivity contribution in [2.75, 3.05) is 12.8 Å². The molecule has 0 aliphatic heterocycles. The maximum Gasteiger partial charge on any atom is 0.253 e. The Hall–Kier alpha value is -3.48. The van der Waals surface area contributed by atoms with Crippen molar-refractivity contribution in [2.45, 2.75) is 0 Å². The Kier molecular flexibility index (Phi) is 4.53. The zero-order valence-corrected chi connectivity index (χ0v) is 13.7. The molecule has 2 aromatic carbocycles. The molecule has 0 unspecified atom stereocenters. The lowest BCUT2D eigenvalue weighted by molar-refractivity contribution is -0.593. The molecule has 5 nitrogen and oxygen atoms in total. The molecule has 26 heavy (non-hydrogen) atoms. The minimum Gasteiger partial charge on any atom is -0.618 e. The minimum atomic E-state index is -0.955. The number of hydrogen-bond acceptors (Lipinski definition) is 4. The van der Waals surface area contributed by atoms with E-state index in [0.29, 0.717) is 5.75 Å². The van der Waals surface area contributed by atoms with E-state index in [0.717, 1.165) is 18.3 Å². The third-order valence-corrected chi connectivity index (χ3v) is 3.94. The molecule has 1 aromatic heterocycles. The number of carbonyl (C=O) groups is 1. The van der Waals surface area contributed by atoms with Crippen molar-refractivity contribution in [1.29, 1.82) is 0 Å². The molecule has 0 amide bonds. The van der Waals surface area contributed by atoms with Crippen LogP contribution in [-0.4, -0.2) is 12.9 Å². The largest absolute Gasteiger partial charge is 0.618 e. The zero-order valence-electron chi connectivity index (χ0n) is 13.7. The van der Waals surface area contributed by atoms with Gasteiger partial charge in [0.15, 0.2) is 12.0 Å². The molecule has 0 fully saturated rings. The number of carbonyl (C=O) groups excluding carboxylic acids is 1. The topological polar surface area (TPSA) is 79.3 Å². The smallest absolute Gasteiger partial charge is 0.253 e. The summed E-state index contributed by atoms with van der Waals surface area (Å²) >= 11 is 0. The number of nitrogen functional groups attached to an aromatic ring is 1. The van der Waals surface area contributed by atoms with Crippen LogP contribution in [0.5, 0.6) is 5.75 Å². The molecule has 0 aliphatic rings. The van der Waals surface area contributed by atoms with E-state index in [1.165, 1.54) is 25.3 Å². The van der Waals surface area contributed by atoms with Gasteiger partial charge >= 0.3 is 0 Å². The summed E-state index contributed by atoms with van der Waals surface area (Å²) in [5.41, 5.74) is 4.76. The van der Waals surface area contributed by atoms with Crippen molar-refractivity contribution in [3.05, 3.63) is 82.7 Å². The van der Waals surface area contributed by atoms with Crippen LogP contribution in [0.4, 0.5) is 14.5 Å². The Labute approximate surface area is 147 Å². The first-order valence-corrected chi connectivity index (χ1v) is 7.59. The quantitative estimate of drug-likeness (QED) is 0.443. The van der Waals surface area contributed by atoms with E-state index in [-0.39, 0.29) is 21.5 Å². The Morgan fingerprint density at radius 1 is 1.04 bits per heavy atom. The molecule has 2 N–H and O–H groups in total. The highest BCUT2D eigenvalue weighted by Gasteiger charge is 2.27. The number of nitrogens with zero attached hydrogens (tertiary/aromatic N) is 1. The third-order valence-electron chi connectivity index (χ3n) is 3.94.